The monoisotopic (exact) mass is 738 g/mol. The fourth-order valence-corrected chi connectivity index (χ4v) is 7.34. The van der Waals surface area contributed by atoms with Gasteiger partial charge in [-0.1, -0.05) is 86.0 Å². The number of rotatable bonds is 13. The lowest BCUT2D eigenvalue weighted by Crippen LogP contribution is -2.50. The third kappa shape index (κ3) is 8.78. The van der Waals surface area contributed by atoms with E-state index in [2.05, 4.69) is 62.0 Å². The number of hydrogen-bond donors (Lipinski definition) is 2. The number of halogens is 1. The minimum Gasteiger partial charge on any atom is -0.331 e. The van der Waals surface area contributed by atoms with Crippen molar-refractivity contribution in [2.24, 2.45) is 11.8 Å². The van der Waals surface area contributed by atoms with Gasteiger partial charge >= 0.3 is 0 Å². The van der Waals surface area contributed by atoms with Crippen molar-refractivity contribution in [1.82, 2.24) is 20.0 Å². The van der Waals surface area contributed by atoms with Gasteiger partial charge in [-0.05, 0) is 80.9 Å². The normalized spacial score (nSPS) is 14.0. The second-order valence-electron chi connectivity index (χ2n) is 12.6. The molecule has 1 aromatic heterocycles. The molecule has 5 aromatic rings. The zero-order valence-corrected chi connectivity index (χ0v) is 29.5. The van der Waals surface area contributed by atoms with Gasteiger partial charge in [-0.15, -0.1) is 0 Å². The highest BCUT2D eigenvalue weighted by atomic mass is 79.9. The number of carbonyl (C=O) groups is 1. The van der Waals surface area contributed by atoms with Crippen LogP contribution in [-0.2, 0) is 24.3 Å². The number of para-hydroxylation sites is 1. The van der Waals surface area contributed by atoms with Crippen LogP contribution in [0, 0.1) is 22.0 Å². The molecule has 0 saturated heterocycles. The number of hydrazine groups is 1. The molecule has 1 unspecified atom stereocenters. The SMILES string of the molecule is O=C(Cc1cncn1Cc1ccc([N+](=O)[O-])cc1)C(CN(NCc1cccc2ccccc12)C(=S)Nc1ccccc1Br)C1CCCCC1. The average Bonchev–Trinajstić information content (AvgIpc) is 3.55. The lowest BCUT2D eigenvalue weighted by molar-refractivity contribution is -0.384. The number of nitrogens with one attached hydrogen (secondary N) is 2. The highest BCUT2D eigenvalue weighted by molar-refractivity contribution is 9.10. The van der Waals surface area contributed by atoms with Gasteiger partial charge in [0, 0.05) is 60.5 Å². The summed E-state index contributed by atoms with van der Waals surface area (Å²) in [6.07, 6.45) is 9.09. The Kier molecular flexibility index (Phi) is 11.4. The van der Waals surface area contributed by atoms with E-state index in [1.54, 1.807) is 24.7 Å². The van der Waals surface area contributed by atoms with Gasteiger partial charge in [0.1, 0.15) is 5.78 Å². The molecule has 49 heavy (non-hydrogen) atoms. The molecule has 1 saturated carbocycles. The molecule has 9 nitrogen and oxygen atoms in total. The highest BCUT2D eigenvalue weighted by Gasteiger charge is 2.32. The first kappa shape index (κ1) is 34.4. The van der Waals surface area contributed by atoms with Crippen LogP contribution in [-0.4, -0.2) is 36.9 Å². The van der Waals surface area contributed by atoms with Crippen LogP contribution < -0.4 is 10.7 Å². The van der Waals surface area contributed by atoms with Crippen LogP contribution in [0.3, 0.4) is 0 Å². The third-order valence-electron chi connectivity index (χ3n) is 9.37. The second-order valence-corrected chi connectivity index (χ2v) is 13.8. The van der Waals surface area contributed by atoms with Crippen molar-refractivity contribution in [2.75, 3.05) is 11.9 Å². The number of non-ortho nitro benzene ring substituents is 1. The van der Waals surface area contributed by atoms with Gasteiger partial charge in [0.05, 0.1) is 16.9 Å². The molecule has 0 bridgehead atoms. The van der Waals surface area contributed by atoms with Gasteiger partial charge < -0.3 is 9.88 Å². The van der Waals surface area contributed by atoms with E-state index >= 15 is 0 Å². The van der Waals surface area contributed by atoms with E-state index in [4.69, 9.17) is 12.2 Å². The van der Waals surface area contributed by atoms with Gasteiger partial charge in [-0.25, -0.2) is 10.4 Å². The van der Waals surface area contributed by atoms with Gasteiger partial charge in [0.2, 0.25) is 0 Å². The standard InChI is InChI=1S/C38H39BrN6O3S/c39-35-15-6-7-16-36(35)42-38(49)44(41-22-30-13-8-12-28-11-4-5-14-33(28)30)25-34(29-9-2-1-3-10-29)37(46)21-32-23-40-26-43(32)24-27-17-19-31(20-18-27)45(47)48/h4-8,11-20,23,26,29,34,41H,1-3,9-10,21-22,24-25H2,(H,42,49). The molecule has 2 N–H and O–H groups in total. The first-order chi connectivity index (χ1) is 23.9. The first-order valence-electron chi connectivity index (χ1n) is 16.6. The fourth-order valence-electron chi connectivity index (χ4n) is 6.71. The summed E-state index contributed by atoms with van der Waals surface area (Å²) in [6, 6.07) is 29.0. The van der Waals surface area contributed by atoms with E-state index in [-0.39, 0.29) is 29.7 Å². The van der Waals surface area contributed by atoms with Crippen LogP contribution in [0.2, 0.25) is 0 Å². The Labute approximate surface area is 300 Å². The third-order valence-corrected chi connectivity index (χ3v) is 10.4. The number of aromatic nitrogens is 2. The zero-order valence-electron chi connectivity index (χ0n) is 27.1. The number of ketones is 1. The summed E-state index contributed by atoms with van der Waals surface area (Å²) in [7, 11) is 0. The number of nitro benzene ring substituents is 1. The van der Waals surface area contributed by atoms with Gasteiger partial charge in [-0.2, -0.15) is 0 Å². The molecule has 1 fully saturated rings. The Morgan fingerprint density at radius 2 is 1.73 bits per heavy atom. The van der Waals surface area contributed by atoms with Crippen molar-refractivity contribution in [1.29, 1.82) is 0 Å². The van der Waals surface area contributed by atoms with Crippen LogP contribution in [0.25, 0.3) is 10.8 Å². The number of thiocarbonyl (C=S) groups is 1. The maximum atomic E-state index is 14.4. The number of nitro groups is 1. The van der Waals surface area contributed by atoms with Gasteiger partial charge in [-0.3, -0.25) is 19.9 Å². The van der Waals surface area contributed by atoms with Crippen molar-refractivity contribution in [2.45, 2.75) is 51.6 Å². The summed E-state index contributed by atoms with van der Waals surface area (Å²) in [5, 5.41) is 19.3. The number of Topliss-reactive ketones (excluding diaryl/α,β-unsaturated/α-hetero) is 1. The molecule has 1 atom stereocenters. The van der Waals surface area contributed by atoms with Gasteiger partial charge in [0.15, 0.2) is 5.11 Å². The fraction of sp³-hybridized carbons (Fsp3) is 0.289. The predicted molar refractivity (Wildman–Crippen MR) is 201 cm³/mol. The van der Waals surface area contributed by atoms with E-state index in [0.717, 1.165) is 52.7 Å². The van der Waals surface area contributed by atoms with Crippen molar-refractivity contribution in [3.8, 4) is 0 Å². The van der Waals surface area contributed by atoms with Crippen LogP contribution >= 0.6 is 28.1 Å². The largest absolute Gasteiger partial charge is 0.331 e. The molecule has 0 aliphatic heterocycles. The van der Waals surface area contributed by atoms with Crippen LogP contribution in [0.5, 0.6) is 0 Å². The van der Waals surface area contributed by atoms with E-state index < -0.39 is 4.92 Å². The average molecular weight is 740 g/mol. The highest BCUT2D eigenvalue weighted by Crippen LogP contribution is 2.32. The minimum absolute atomic E-state index is 0.0470. The molecule has 252 valence electrons. The predicted octanol–water partition coefficient (Wildman–Crippen LogP) is 8.47. The topological polar surface area (TPSA) is 105 Å². The first-order valence-corrected chi connectivity index (χ1v) is 17.8. The van der Waals surface area contributed by atoms with Crippen LogP contribution in [0.15, 0.2) is 108 Å². The molecule has 0 radical (unpaired) electrons. The molecule has 1 aliphatic rings. The van der Waals surface area contributed by atoms with Crippen LogP contribution in [0.1, 0.15) is 48.9 Å². The lowest BCUT2D eigenvalue weighted by atomic mass is 9.77. The Morgan fingerprint density at radius 1 is 1.00 bits per heavy atom. The number of anilines is 1. The molecule has 0 spiro atoms. The van der Waals surface area contributed by atoms with E-state index in [1.807, 2.05) is 46.0 Å². The summed E-state index contributed by atoms with van der Waals surface area (Å²) in [6.45, 7) is 1.42. The smallest absolute Gasteiger partial charge is 0.269 e. The van der Waals surface area contributed by atoms with Crippen molar-refractivity contribution in [3.63, 3.8) is 0 Å². The molecular formula is C38H39BrN6O3S. The molecule has 1 heterocycles. The minimum atomic E-state index is -0.406. The lowest BCUT2D eigenvalue weighted by Gasteiger charge is -2.35. The molecule has 0 amide bonds. The number of benzene rings is 4. The molecule has 11 heteroatoms. The summed E-state index contributed by atoms with van der Waals surface area (Å²) in [5.74, 6) is 0.125. The number of hydrogen-bond acceptors (Lipinski definition) is 6. The van der Waals surface area contributed by atoms with E-state index in [1.165, 1.54) is 29.3 Å². The molecule has 6 rings (SSSR count). The summed E-state index contributed by atoms with van der Waals surface area (Å²) >= 11 is 9.67. The number of fused-ring (bicyclic) bond motifs is 1. The Bertz CT molecular complexity index is 1920. The maximum Gasteiger partial charge on any atom is 0.269 e. The number of nitrogens with zero attached hydrogens (tertiary/aromatic N) is 4. The molecule has 4 aromatic carbocycles. The van der Waals surface area contributed by atoms with E-state index in [9.17, 15) is 14.9 Å². The number of carbonyl (C=O) groups excluding carboxylic acids is 1. The van der Waals surface area contributed by atoms with Crippen molar-refractivity contribution < 1.29 is 9.72 Å². The quantitative estimate of drug-likeness (QED) is 0.0705. The molecule has 1 aliphatic carbocycles. The van der Waals surface area contributed by atoms with E-state index in [0.29, 0.717) is 24.7 Å². The van der Waals surface area contributed by atoms with Crippen molar-refractivity contribution >= 4 is 61.2 Å². The Balaban J connectivity index is 1.24. The summed E-state index contributed by atoms with van der Waals surface area (Å²) in [5.41, 5.74) is 7.35. The maximum absolute atomic E-state index is 14.4. The summed E-state index contributed by atoms with van der Waals surface area (Å²) < 4.78 is 2.85. The van der Waals surface area contributed by atoms with Crippen LogP contribution in [0.4, 0.5) is 11.4 Å². The zero-order chi connectivity index (χ0) is 34.2. The Hall–Kier alpha value is -4.45. The number of imidazole rings is 1. The molecular weight excluding hydrogens is 700 g/mol. The summed E-state index contributed by atoms with van der Waals surface area (Å²) in [4.78, 5) is 29.5. The van der Waals surface area contributed by atoms with Crippen molar-refractivity contribution in [3.05, 3.63) is 135 Å². The van der Waals surface area contributed by atoms with Gasteiger partial charge in [0.25, 0.3) is 5.69 Å². The second kappa shape index (κ2) is 16.3. The Morgan fingerprint density at radius 3 is 2.51 bits per heavy atom.